The Morgan fingerprint density at radius 1 is 1.14 bits per heavy atom. The van der Waals surface area contributed by atoms with E-state index < -0.39 is 0 Å². The van der Waals surface area contributed by atoms with Gasteiger partial charge in [0.2, 0.25) is 11.5 Å². The molecule has 2 N–H and O–H groups in total. The maximum absolute atomic E-state index is 12.7. The summed E-state index contributed by atoms with van der Waals surface area (Å²) in [6.07, 6.45) is 5.98. The van der Waals surface area contributed by atoms with E-state index in [0.717, 1.165) is 51.0 Å². The van der Waals surface area contributed by atoms with E-state index in [4.69, 9.17) is 9.90 Å². The molecule has 1 aromatic heterocycles. The molecular weight excluding hydrogens is 370 g/mol. The minimum atomic E-state index is -0.250. The van der Waals surface area contributed by atoms with Crippen molar-refractivity contribution in [3.05, 3.63) is 64.1 Å². The summed E-state index contributed by atoms with van der Waals surface area (Å²) in [6, 6.07) is 11.7. The van der Waals surface area contributed by atoms with E-state index in [1.807, 2.05) is 29.3 Å². The zero-order valence-electron chi connectivity index (χ0n) is 16.4. The summed E-state index contributed by atoms with van der Waals surface area (Å²) in [7, 11) is 0. The SMILES string of the molecule is O=C(CN1CCC(Cc2ccc(=O)[nH]c2)CC1)N1CCc2ccccc21.O=CO. The van der Waals surface area contributed by atoms with Crippen molar-refractivity contribution in [1.29, 1.82) is 0 Å². The molecule has 1 amide bonds. The van der Waals surface area contributed by atoms with E-state index in [1.54, 1.807) is 6.07 Å². The highest BCUT2D eigenvalue weighted by molar-refractivity contribution is 5.96. The summed E-state index contributed by atoms with van der Waals surface area (Å²) in [5.41, 5.74) is 3.50. The lowest BCUT2D eigenvalue weighted by Gasteiger charge is -2.32. The summed E-state index contributed by atoms with van der Waals surface area (Å²) in [6.45, 7) is 3.01. The Morgan fingerprint density at radius 3 is 2.55 bits per heavy atom. The highest BCUT2D eigenvalue weighted by atomic mass is 16.3. The van der Waals surface area contributed by atoms with Gasteiger partial charge in [-0.3, -0.25) is 19.3 Å². The largest absolute Gasteiger partial charge is 0.483 e. The first-order valence-electron chi connectivity index (χ1n) is 9.97. The number of fused-ring (bicyclic) bond motifs is 1. The van der Waals surface area contributed by atoms with Crippen LogP contribution in [-0.2, 0) is 22.4 Å². The van der Waals surface area contributed by atoms with Crippen LogP contribution in [0.15, 0.2) is 47.4 Å². The van der Waals surface area contributed by atoms with Crippen molar-refractivity contribution in [1.82, 2.24) is 9.88 Å². The number of H-pyrrole nitrogens is 1. The van der Waals surface area contributed by atoms with Crippen molar-refractivity contribution >= 4 is 18.1 Å². The third-order valence-corrected chi connectivity index (χ3v) is 5.63. The average molecular weight is 397 g/mol. The Balaban J connectivity index is 0.000000755. The number of hydrogen-bond acceptors (Lipinski definition) is 4. The lowest BCUT2D eigenvalue weighted by atomic mass is 9.91. The number of anilines is 1. The molecule has 3 heterocycles. The van der Waals surface area contributed by atoms with Gasteiger partial charge in [-0.1, -0.05) is 24.3 Å². The van der Waals surface area contributed by atoms with Crippen LogP contribution < -0.4 is 10.5 Å². The van der Waals surface area contributed by atoms with Crippen molar-refractivity contribution in [2.24, 2.45) is 5.92 Å². The van der Waals surface area contributed by atoms with Crippen molar-refractivity contribution in [2.75, 3.05) is 31.1 Å². The molecule has 0 spiro atoms. The topological polar surface area (TPSA) is 93.7 Å². The van der Waals surface area contributed by atoms with E-state index in [9.17, 15) is 9.59 Å². The number of aromatic nitrogens is 1. The smallest absolute Gasteiger partial charge is 0.290 e. The van der Waals surface area contributed by atoms with Crippen molar-refractivity contribution in [3.8, 4) is 0 Å². The molecule has 0 unspecified atom stereocenters. The number of carboxylic acid groups (broad SMARTS) is 1. The monoisotopic (exact) mass is 397 g/mol. The van der Waals surface area contributed by atoms with E-state index in [1.165, 1.54) is 11.1 Å². The first kappa shape index (κ1) is 20.8. The normalized spacial score (nSPS) is 16.6. The van der Waals surface area contributed by atoms with E-state index in [0.29, 0.717) is 12.5 Å². The zero-order chi connectivity index (χ0) is 20.6. The molecule has 4 rings (SSSR count). The number of para-hydroxylation sites is 1. The molecule has 2 aliphatic rings. The number of hydrogen-bond donors (Lipinski definition) is 2. The van der Waals surface area contributed by atoms with E-state index >= 15 is 0 Å². The number of pyridine rings is 1. The van der Waals surface area contributed by atoms with Crippen LogP contribution in [0.4, 0.5) is 5.69 Å². The van der Waals surface area contributed by atoms with Gasteiger partial charge in [-0.2, -0.15) is 0 Å². The summed E-state index contributed by atoms with van der Waals surface area (Å²) < 4.78 is 0. The first-order chi connectivity index (χ1) is 14.1. The highest BCUT2D eigenvalue weighted by Gasteiger charge is 2.27. The predicted molar refractivity (Wildman–Crippen MR) is 111 cm³/mol. The number of piperidine rings is 1. The summed E-state index contributed by atoms with van der Waals surface area (Å²) in [5.74, 6) is 0.841. The van der Waals surface area contributed by atoms with Crippen molar-refractivity contribution in [3.63, 3.8) is 0 Å². The Labute approximate surface area is 170 Å². The van der Waals surface area contributed by atoms with Crippen molar-refractivity contribution in [2.45, 2.75) is 25.7 Å². The fourth-order valence-corrected chi connectivity index (χ4v) is 4.13. The van der Waals surface area contributed by atoms with Gasteiger partial charge < -0.3 is 15.0 Å². The van der Waals surface area contributed by atoms with Crippen LogP contribution in [0.1, 0.15) is 24.0 Å². The molecule has 0 atom stereocenters. The number of amides is 1. The maximum Gasteiger partial charge on any atom is 0.290 e. The lowest BCUT2D eigenvalue weighted by molar-refractivity contribution is -0.123. The van der Waals surface area contributed by atoms with Gasteiger partial charge in [0.05, 0.1) is 6.54 Å². The van der Waals surface area contributed by atoms with Gasteiger partial charge >= 0.3 is 0 Å². The minimum Gasteiger partial charge on any atom is -0.483 e. The quantitative estimate of drug-likeness (QED) is 0.769. The number of nitrogens with one attached hydrogen (secondary N) is 1. The fraction of sp³-hybridized carbons (Fsp3) is 0.409. The molecule has 29 heavy (non-hydrogen) atoms. The van der Waals surface area contributed by atoms with Gasteiger partial charge in [-0.05, 0) is 61.9 Å². The van der Waals surface area contributed by atoms with Crippen LogP contribution in [0.25, 0.3) is 0 Å². The second-order valence-electron chi connectivity index (χ2n) is 7.51. The van der Waals surface area contributed by atoms with Gasteiger partial charge in [-0.15, -0.1) is 0 Å². The van der Waals surface area contributed by atoms with Crippen LogP contribution in [0.3, 0.4) is 0 Å². The lowest BCUT2D eigenvalue weighted by Crippen LogP contribution is -2.43. The number of carbonyl (C=O) groups excluding carboxylic acids is 1. The number of carbonyl (C=O) groups is 2. The molecule has 0 saturated carbocycles. The van der Waals surface area contributed by atoms with Crippen LogP contribution in [0.5, 0.6) is 0 Å². The molecule has 2 aromatic rings. The third-order valence-electron chi connectivity index (χ3n) is 5.63. The number of nitrogens with zero attached hydrogens (tertiary/aromatic N) is 2. The molecule has 1 aromatic carbocycles. The molecule has 1 saturated heterocycles. The molecule has 0 bridgehead atoms. The molecule has 1 fully saturated rings. The van der Waals surface area contributed by atoms with Gasteiger partial charge in [0.15, 0.2) is 0 Å². The summed E-state index contributed by atoms with van der Waals surface area (Å²) in [5, 5.41) is 6.89. The molecule has 0 radical (unpaired) electrons. The van der Waals surface area contributed by atoms with Gasteiger partial charge in [0.25, 0.3) is 6.47 Å². The molecule has 2 aliphatic heterocycles. The molecule has 0 aliphatic carbocycles. The first-order valence-corrected chi connectivity index (χ1v) is 9.97. The average Bonchev–Trinajstić information content (AvgIpc) is 3.16. The number of aromatic amines is 1. The Bertz CT molecular complexity index is 867. The second kappa shape index (κ2) is 10.0. The third kappa shape index (κ3) is 5.54. The second-order valence-corrected chi connectivity index (χ2v) is 7.51. The van der Waals surface area contributed by atoms with E-state index in [-0.39, 0.29) is 17.9 Å². The standard InChI is InChI=1S/C21H25N3O2.CH2O2/c25-20-6-5-17(14-22-20)13-16-7-10-23(11-8-16)15-21(26)24-12-9-18-3-1-2-4-19(18)24;2-1-3/h1-6,14,16H,7-13,15H2,(H,22,25);1H,(H,2,3). The number of likely N-dealkylation sites (tertiary alicyclic amines) is 1. The van der Waals surface area contributed by atoms with Crippen LogP contribution in [0.2, 0.25) is 0 Å². The summed E-state index contributed by atoms with van der Waals surface area (Å²) in [4.78, 5) is 39.2. The van der Waals surface area contributed by atoms with Crippen LogP contribution in [0, 0.1) is 5.92 Å². The van der Waals surface area contributed by atoms with Gasteiger partial charge in [0, 0.05) is 24.5 Å². The Kier molecular flexibility index (Phi) is 7.19. The Hall–Kier alpha value is -2.93. The molecule has 7 nitrogen and oxygen atoms in total. The zero-order valence-corrected chi connectivity index (χ0v) is 16.4. The molecule has 7 heteroatoms. The summed E-state index contributed by atoms with van der Waals surface area (Å²) >= 11 is 0. The molecule has 154 valence electrons. The van der Waals surface area contributed by atoms with Crippen LogP contribution in [-0.4, -0.2) is 53.5 Å². The van der Waals surface area contributed by atoms with Gasteiger partial charge in [-0.25, -0.2) is 0 Å². The van der Waals surface area contributed by atoms with Crippen LogP contribution >= 0.6 is 0 Å². The molecular formula is C22H27N3O4. The Morgan fingerprint density at radius 2 is 1.86 bits per heavy atom. The van der Waals surface area contributed by atoms with E-state index in [2.05, 4.69) is 22.0 Å². The van der Waals surface area contributed by atoms with Crippen molar-refractivity contribution < 1.29 is 14.7 Å². The minimum absolute atomic E-state index is 0.0504. The predicted octanol–water partition coefficient (Wildman–Crippen LogP) is 1.92. The fourth-order valence-electron chi connectivity index (χ4n) is 4.13. The van der Waals surface area contributed by atoms with Gasteiger partial charge in [0.1, 0.15) is 0 Å². The highest BCUT2D eigenvalue weighted by Crippen LogP contribution is 2.28. The number of rotatable bonds is 4. The maximum atomic E-state index is 12.7. The number of benzene rings is 1.